The third-order valence-electron chi connectivity index (χ3n) is 2.78. The van der Waals surface area contributed by atoms with Gasteiger partial charge in [-0.05, 0) is 13.8 Å². The van der Waals surface area contributed by atoms with E-state index in [0.717, 1.165) is 25.2 Å². The summed E-state index contributed by atoms with van der Waals surface area (Å²) in [6, 6.07) is 0. The molecule has 0 radical (unpaired) electrons. The molecule has 1 fully saturated rings. The van der Waals surface area contributed by atoms with E-state index in [2.05, 4.69) is 10.3 Å². The van der Waals surface area contributed by atoms with Gasteiger partial charge in [0, 0.05) is 24.4 Å². The van der Waals surface area contributed by atoms with E-state index in [4.69, 9.17) is 9.47 Å². The third-order valence-corrected chi connectivity index (χ3v) is 3.72. The topological polar surface area (TPSA) is 43.4 Å². The number of ether oxygens (including phenoxy) is 2. The maximum atomic E-state index is 5.53. The lowest BCUT2D eigenvalue weighted by atomic mass is 10.2. The molecule has 0 aliphatic carbocycles. The van der Waals surface area contributed by atoms with Gasteiger partial charge in [0.2, 0.25) is 0 Å². The van der Waals surface area contributed by atoms with Gasteiger partial charge in [-0.15, -0.1) is 11.3 Å². The van der Waals surface area contributed by atoms with Crippen molar-refractivity contribution in [2.75, 3.05) is 19.8 Å². The van der Waals surface area contributed by atoms with Crippen LogP contribution in [0.4, 0.5) is 0 Å². The first kappa shape index (κ1) is 12.0. The van der Waals surface area contributed by atoms with Crippen LogP contribution in [0.25, 0.3) is 0 Å². The second-order valence-corrected chi connectivity index (χ2v) is 5.06. The zero-order valence-electron chi connectivity index (χ0n) is 9.78. The Labute approximate surface area is 100.0 Å². The molecule has 2 heterocycles. The van der Waals surface area contributed by atoms with E-state index < -0.39 is 0 Å². The molecular weight excluding hydrogens is 224 g/mol. The van der Waals surface area contributed by atoms with Gasteiger partial charge in [0.25, 0.3) is 0 Å². The summed E-state index contributed by atoms with van der Waals surface area (Å²) in [4.78, 5) is 5.52. The van der Waals surface area contributed by atoms with Crippen LogP contribution in [-0.4, -0.2) is 30.5 Å². The highest BCUT2D eigenvalue weighted by Gasteiger charge is 2.29. The second-order valence-electron chi connectivity index (χ2n) is 4.12. The number of aromatic nitrogens is 1. The van der Waals surface area contributed by atoms with Crippen molar-refractivity contribution in [3.05, 3.63) is 16.1 Å². The number of hydrogen-bond donors (Lipinski definition) is 1. The molecule has 0 saturated carbocycles. The van der Waals surface area contributed by atoms with E-state index in [-0.39, 0.29) is 5.79 Å². The van der Waals surface area contributed by atoms with Crippen LogP contribution in [0.2, 0.25) is 0 Å². The van der Waals surface area contributed by atoms with Gasteiger partial charge in [0.15, 0.2) is 5.79 Å². The number of nitrogens with one attached hydrogen (secondary N) is 1. The summed E-state index contributed by atoms with van der Waals surface area (Å²) in [6.07, 6.45) is 0.880. The van der Waals surface area contributed by atoms with E-state index in [1.807, 2.05) is 19.4 Å². The van der Waals surface area contributed by atoms with Gasteiger partial charge >= 0.3 is 0 Å². The predicted molar refractivity (Wildman–Crippen MR) is 63.5 cm³/mol. The molecule has 0 unspecified atom stereocenters. The quantitative estimate of drug-likeness (QED) is 0.798. The zero-order valence-corrected chi connectivity index (χ0v) is 10.6. The number of aryl methyl sites for hydroxylation is 1. The molecule has 0 aromatic carbocycles. The number of nitrogens with zero attached hydrogens (tertiary/aromatic N) is 1. The summed E-state index contributed by atoms with van der Waals surface area (Å²) in [5, 5.41) is 3.39. The molecule has 1 saturated heterocycles. The maximum absolute atomic E-state index is 5.53. The second kappa shape index (κ2) is 5.23. The molecule has 1 N–H and O–H groups in total. The Morgan fingerprint density at radius 1 is 1.50 bits per heavy atom. The average molecular weight is 242 g/mol. The van der Waals surface area contributed by atoms with Crippen LogP contribution in [0, 0.1) is 6.92 Å². The Morgan fingerprint density at radius 2 is 2.25 bits per heavy atom. The first-order chi connectivity index (χ1) is 7.70. The Balaban J connectivity index is 1.67. The fraction of sp³-hybridized carbons (Fsp3) is 0.727. The predicted octanol–water partition coefficient (Wildman–Crippen LogP) is 1.69. The Hall–Kier alpha value is -0.490. The van der Waals surface area contributed by atoms with Gasteiger partial charge in [-0.25, -0.2) is 4.98 Å². The van der Waals surface area contributed by atoms with E-state index in [1.165, 1.54) is 4.88 Å². The van der Waals surface area contributed by atoms with Crippen LogP contribution < -0.4 is 5.32 Å². The van der Waals surface area contributed by atoms with Crippen molar-refractivity contribution in [1.82, 2.24) is 10.3 Å². The minimum absolute atomic E-state index is 0.379. The molecule has 16 heavy (non-hydrogen) atoms. The number of hydrogen-bond acceptors (Lipinski definition) is 5. The molecule has 1 aliphatic rings. The summed E-state index contributed by atoms with van der Waals surface area (Å²) in [5.41, 5.74) is 3.01. The highest BCUT2D eigenvalue weighted by Crippen LogP contribution is 2.21. The highest BCUT2D eigenvalue weighted by atomic mass is 32.1. The zero-order chi connectivity index (χ0) is 11.4. The van der Waals surface area contributed by atoms with Crippen molar-refractivity contribution >= 4 is 11.3 Å². The third kappa shape index (κ3) is 3.01. The SMILES string of the molecule is Cc1ncsc1CNCCC1(C)OCCO1. The van der Waals surface area contributed by atoms with Gasteiger partial charge in [-0.3, -0.25) is 0 Å². The molecule has 0 bridgehead atoms. The molecule has 1 aromatic heterocycles. The summed E-state index contributed by atoms with van der Waals surface area (Å²) in [5.74, 6) is -0.379. The Bertz CT molecular complexity index is 334. The first-order valence-electron chi connectivity index (χ1n) is 5.57. The van der Waals surface area contributed by atoms with Gasteiger partial charge in [0.1, 0.15) is 0 Å². The van der Waals surface area contributed by atoms with Crippen LogP contribution in [0.3, 0.4) is 0 Å². The molecule has 90 valence electrons. The number of rotatable bonds is 5. The van der Waals surface area contributed by atoms with Crippen LogP contribution >= 0.6 is 11.3 Å². The Kier molecular flexibility index (Phi) is 3.91. The summed E-state index contributed by atoms with van der Waals surface area (Å²) < 4.78 is 11.1. The molecule has 0 spiro atoms. The lowest BCUT2D eigenvalue weighted by Gasteiger charge is -2.22. The monoisotopic (exact) mass is 242 g/mol. The van der Waals surface area contributed by atoms with Crippen molar-refractivity contribution in [2.24, 2.45) is 0 Å². The van der Waals surface area contributed by atoms with E-state index in [0.29, 0.717) is 13.2 Å². The van der Waals surface area contributed by atoms with Gasteiger partial charge in [-0.1, -0.05) is 0 Å². The van der Waals surface area contributed by atoms with Gasteiger partial charge in [-0.2, -0.15) is 0 Å². The van der Waals surface area contributed by atoms with Crippen molar-refractivity contribution in [3.8, 4) is 0 Å². The standard InChI is InChI=1S/C11H18N2O2S/c1-9-10(16-8-13-9)7-12-4-3-11(2)14-5-6-15-11/h8,12H,3-7H2,1-2H3. The van der Waals surface area contributed by atoms with Gasteiger partial charge in [0.05, 0.1) is 24.4 Å². The van der Waals surface area contributed by atoms with Crippen molar-refractivity contribution < 1.29 is 9.47 Å². The Morgan fingerprint density at radius 3 is 2.88 bits per heavy atom. The van der Waals surface area contributed by atoms with Crippen molar-refractivity contribution in [1.29, 1.82) is 0 Å². The van der Waals surface area contributed by atoms with E-state index in [1.54, 1.807) is 11.3 Å². The fourth-order valence-electron chi connectivity index (χ4n) is 1.71. The smallest absolute Gasteiger partial charge is 0.166 e. The summed E-state index contributed by atoms with van der Waals surface area (Å²) in [7, 11) is 0. The lowest BCUT2D eigenvalue weighted by Crippen LogP contribution is -2.30. The minimum Gasteiger partial charge on any atom is -0.348 e. The van der Waals surface area contributed by atoms with Crippen LogP contribution in [0.5, 0.6) is 0 Å². The summed E-state index contributed by atoms with van der Waals surface area (Å²) in [6.45, 7) is 7.24. The summed E-state index contributed by atoms with van der Waals surface area (Å²) >= 11 is 1.70. The molecule has 4 nitrogen and oxygen atoms in total. The highest BCUT2D eigenvalue weighted by molar-refractivity contribution is 7.09. The maximum Gasteiger partial charge on any atom is 0.166 e. The molecule has 5 heteroatoms. The molecule has 0 amide bonds. The molecule has 2 rings (SSSR count). The largest absolute Gasteiger partial charge is 0.348 e. The van der Waals surface area contributed by atoms with Crippen LogP contribution in [-0.2, 0) is 16.0 Å². The number of thiazole rings is 1. The van der Waals surface area contributed by atoms with Crippen LogP contribution in [0.1, 0.15) is 23.9 Å². The average Bonchev–Trinajstić information content (AvgIpc) is 2.84. The first-order valence-corrected chi connectivity index (χ1v) is 6.45. The van der Waals surface area contributed by atoms with Crippen molar-refractivity contribution in [2.45, 2.75) is 32.6 Å². The minimum atomic E-state index is -0.379. The lowest BCUT2D eigenvalue weighted by molar-refractivity contribution is -0.145. The fourth-order valence-corrected chi connectivity index (χ4v) is 2.46. The van der Waals surface area contributed by atoms with Crippen LogP contribution in [0.15, 0.2) is 5.51 Å². The molecule has 1 aliphatic heterocycles. The van der Waals surface area contributed by atoms with E-state index >= 15 is 0 Å². The van der Waals surface area contributed by atoms with E-state index in [9.17, 15) is 0 Å². The van der Waals surface area contributed by atoms with Gasteiger partial charge < -0.3 is 14.8 Å². The molecule has 1 aromatic rings. The molecular formula is C11H18N2O2S. The van der Waals surface area contributed by atoms with Crippen molar-refractivity contribution in [3.63, 3.8) is 0 Å². The normalized spacial score (nSPS) is 19.1. The molecule has 0 atom stereocenters.